The van der Waals surface area contributed by atoms with Crippen molar-refractivity contribution >= 4 is 22.8 Å². The lowest BCUT2D eigenvalue weighted by Crippen LogP contribution is -2.50. The second-order valence-electron chi connectivity index (χ2n) is 6.20. The van der Waals surface area contributed by atoms with Crippen molar-refractivity contribution in [1.82, 2.24) is 24.8 Å². The summed E-state index contributed by atoms with van der Waals surface area (Å²) >= 11 is 0. The highest BCUT2D eigenvalue weighted by atomic mass is 16.3. The van der Waals surface area contributed by atoms with Crippen LogP contribution in [0.5, 0.6) is 0 Å². The molecule has 1 aliphatic heterocycles. The molecule has 2 amide bonds. The minimum atomic E-state index is -0.129. The smallest absolute Gasteiger partial charge is 0.289 e. The van der Waals surface area contributed by atoms with Gasteiger partial charge in [-0.2, -0.15) is 0 Å². The zero-order chi connectivity index (χ0) is 17.9. The Kier molecular flexibility index (Phi) is 4.39. The van der Waals surface area contributed by atoms with E-state index < -0.39 is 0 Å². The minimum absolute atomic E-state index is 0.0645. The fraction of sp³-hybridized carbons (Fsp3) is 0.333. The van der Waals surface area contributed by atoms with E-state index in [1.807, 2.05) is 24.3 Å². The Balaban J connectivity index is 1.30. The summed E-state index contributed by atoms with van der Waals surface area (Å²) in [4.78, 5) is 28.2. The van der Waals surface area contributed by atoms with E-state index in [4.69, 9.17) is 4.42 Å². The predicted molar refractivity (Wildman–Crippen MR) is 93.3 cm³/mol. The summed E-state index contributed by atoms with van der Waals surface area (Å²) in [6, 6.07) is 11.0. The average Bonchev–Trinajstić information content (AvgIpc) is 3.36. The number of nitrogens with zero attached hydrogens (tertiary/aromatic N) is 5. The summed E-state index contributed by atoms with van der Waals surface area (Å²) in [5.74, 6) is 0.272. The van der Waals surface area contributed by atoms with Gasteiger partial charge < -0.3 is 14.2 Å². The number of carbonyl (C=O) groups excluding carboxylic acids is 2. The van der Waals surface area contributed by atoms with E-state index in [0.29, 0.717) is 44.9 Å². The number of aromatic nitrogens is 3. The van der Waals surface area contributed by atoms with Gasteiger partial charge in [0.25, 0.3) is 5.91 Å². The average molecular weight is 353 g/mol. The van der Waals surface area contributed by atoms with Gasteiger partial charge in [-0.25, -0.2) is 4.68 Å². The van der Waals surface area contributed by atoms with Gasteiger partial charge in [0, 0.05) is 32.6 Å². The van der Waals surface area contributed by atoms with Crippen LogP contribution in [0.4, 0.5) is 0 Å². The Morgan fingerprint density at radius 2 is 1.77 bits per heavy atom. The van der Waals surface area contributed by atoms with Crippen molar-refractivity contribution in [2.24, 2.45) is 0 Å². The maximum Gasteiger partial charge on any atom is 0.289 e. The zero-order valence-electron chi connectivity index (χ0n) is 14.2. The van der Waals surface area contributed by atoms with Crippen molar-refractivity contribution in [2.45, 2.75) is 13.0 Å². The predicted octanol–water partition coefficient (Wildman–Crippen LogP) is 1.40. The molecule has 3 heterocycles. The first-order valence-electron chi connectivity index (χ1n) is 8.61. The van der Waals surface area contributed by atoms with E-state index in [-0.39, 0.29) is 11.8 Å². The van der Waals surface area contributed by atoms with E-state index in [1.54, 1.807) is 26.6 Å². The fourth-order valence-electron chi connectivity index (χ4n) is 3.16. The van der Waals surface area contributed by atoms with E-state index in [1.165, 1.54) is 6.26 Å². The zero-order valence-corrected chi connectivity index (χ0v) is 14.2. The molecule has 26 heavy (non-hydrogen) atoms. The molecule has 0 radical (unpaired) electrons. The van der Waals surface area contributed by atoms with E-state index in [0.717, 1.165) is 11.0 Å². The summed E-state index contributed by atoms with van der Waals surface area (Å²) in [7, 11) is 0. The molecule has 2 aromatic heterocycles. The molecule has 0 N–H and O–H groups in total. The van der Waals surface area contributed by atoms with Crippen molar-refractivity contribution in [1.29, 1.82) is 0 Å². The lowest BCUT2D eigenvalue weighted by molar-refractivity contribution is -0.132. The molecule has 4 rings (SSSR count). The lowest BCUT2D eigenvalue weighted by atomic mass is 10.2. The third kappa shape index (κ3) is 3.17. The van der Waals surface area contributed by atoms with Crippen molar-refractivity contribution in [2.75, 3.05) is 26.2 Å². The summed E-state index contributed by atoms with van der Waals surface area (Å²) in [6.07, 6.45) is 1.85. The summed E-state index contributed by atoms with van der Waals surface area (Å²) in [6.45, 7) is 2.58. The minimum Gasteiger partial charge on any atom is -0.459 e. The Morgan fingerprint density at radius 1 is 1.00 bits per heavy atom. The molecule has 1 aliphatic rings. The Bertz CT molecular complexity index is 910. The summed E-state index contributed by atoms with van der Waals surface area (Å²) < 4.78 is 6.90. The third-order valence-electron chi connectivity index (χ3n) is 4.61. The molecule has 1 saturated heterocycles. The van der Waals surface area contributed by atoms with Crippen LogP contribution in [0.3, 0.4) is 0 Å². The van der Waals surface area contributed by atoms with Gasteiger partial charge >= 0.3 is 0 Å². The van der Waals surface area contributed by atoms with Crippen molar-refractivity contribution in [3.8, 4) is 0 Å². The number of furan rings is 1. The van der Waals surface area contributed by atoms with Crippen LogP contribution < -0.4 is 0 Å². The second-order valence-corrected chi connectivity index (χ2v) is 6.20. The number of hydrogen-bond donors (Lipinski definition) is 0. The number of para-hydroxylation sites is 1. The number of fused-ring (bicyclic) bond motifs is 1. The molecule has 3 aromatic rings. The molecule has 1 aromatic carbocycles. The first-order valence-corrected chi connectivity index (χ1v) is 8.61. The molecular formula is C18H19N5O3. The van der Waals surface area contributed by atoms with Gasteiger partial charge in [-0.15, -0.1) is 5.10 Å². The molecule has 8 nitrogen and oxygen atoms in total. The van der Waals surface area contributed by atoms with Crippen LogP contribution in [0.25, 0.3) is 11.0 Å². The number of aryl methyl sites for hydroxylation is 1. The number of carbonyl (C=O) groups is 2. The largest absolute Gasteiger partial charge is 0.459 e. The molecular weight excluding hydrogens is 334 g/mol. The maximum atomic E-state index is 12.5. The fourth-order valence-corrected chi connectivity index (χ4v) is 3.16. The molecule has 0 bridgehead atoms. The van der Waals surface area contributed by atoms with Crippen molar-refractivity contribution in [3.05, 3.63) is 48.4 Å². The highest BCUT2D eigenvalue weighted by molar-refractivity contribution is 5.91. The first-order chi connectivity index (χ1) is 12.7. The van der Waals surface area contributed by atoms with Crippen LogP contribution in [-0.4, -0.2) is 62.8 Å². The van der Waals surface area contributed by atoms with Crippen molar-refractivity contribution < 1.29 is 14.0 Å². The van der Waals surface area contributed by atoms with Gasteiger partial charge in [0.2, 0.25) is 5.91 Å². The maximum absolute atomic E-state index is 12.5. The van der Waals surface area contributed by atoms with Gasteiger partial charge in [-0.1, -0.05) is 17.3 Å². The van der Waals surface area contributed by atoms with Gasteiger partial charge in [-0.3, -0.25) is 9.59 Å². The van der Waals surface area contributed by atoms with Crippen LogP contribution in [-0.2, 0) is 11.3 Å². The first kappa shape index (κ1) is 16.3. The molecule has 0 unspecified atom stereocenters. The van der Waals surface area contributed by atoms with E-state index in [9.17, 15) is 9.59 Å². The molecule has 0 saturated carbocycles. The molecule has 0 atom stereocenters. The monoisotopic (exact) mass is 353 g/mol. The normalized spacial score (nSPS) is 14.8. The Labute approximate surface area is 150 Å². The number of rotatable bonds is 4. The SMILES string of the molecule is O=C(CCn1nnc2ccccc21)N1CCN(C(=O)c2ccco2)CC1. The molecule has 0 spiro atoms. The van der Waals surface area contributed by atoms with Gasteiger partial charge in [0.15, 0.2) is 5.76 Å². The molecule has 0 aliphatic carbocycles. The molecule has 1 fully saturated rings. The number of benzene rings is 1. The van der Waals surface area contributed by atoms with Gasteiger partial charge in [-0.05, 0) is 24.3 Å². The lowest BCUT2D eigenvalue weighted by Gasteiger charge is -2.34. The summed E-state index contributed by atoms with van der Waals surface area (Å²) in [5.41, 5.74) is 1.75. The standard InChI is InChI=1S/C18H19N5O3/c24-17(7-8-23-15-5-2-1-4-14(15)19-20-23)21-9-11-22(12-10-21)18(25)16-6-3-13-26-16/h1-6,13H,7-12H2. The van der Waals surface area contributed by atoms with Crippen LogP contribution in [0.1, 0.15) is 17.0 Å². The third-order valence-corrected chi connectivity index (χ3v) is 4.61. The van der Waals surface area contributed by atoms with E-state index in [2.05, 4.69) is 10.3 Å². The Hall–Kier alpha value is -3.16. The second kappa shape index (κ2) is 6.99. The van der Waals surface area contributed by atoms with Crippen LogP contribution in [0.2, 0.25) is 0 Å². The highest BCUT2D eigenvalue weighted by Gasteiger charge is 2.25. The van der Waals surface area contributed by atoms with Gasteiger partial charge in [0.1, 0.15) is 5.52 Å². The highest BCUT2D eigenvalue weighted by Crippen LogP contribution is 2.12. The quantitative estimate of drug-likeness (QED) is 0.708. The van der Waals surface area contributed by atoms with Gasteiger partial charge in [0.05, 0.1) is 18.3 Å². The number of piperazine rings is 1. The molecule has 8 heteroatoms. The van der Waals surface area contributed by atoms with Crippen molar-refractivity contribution in [3.63, 3.8) is 0 Å². The summed E-state index contributed by atoms with van der Waals surface area (Å²) in [5, 5.41) is 8.21. The number of amides is 2. The number of hydrogen-bond acceptors (Lipinski definition) is 5. The van der Waals surface area contributed by atoms with Crippen LogP contribution in [0, 0.1) is 0 Å². The van der Waals surface area contributed by atoms with Crippen LogP contribution >= 0.6 is 0 Å². The van der Waals surface area contributed by atoms with Crippen LogP contribution in [0.15, 0.2) is 47.1 Å². The Morgan fingerprint density at radius 3 is 2.54 bits per heavy atom. The molecule has 134 valence electrons. The van der Waals surface area contributed by atoms with E-state index >= 15 is 0 Å². The topological polar surface area (TPSA) is 84.5 Å².